The van der Waals surface area contributed by atoms with Gasteiger partial charge in [-0.15, -0.1) is 24.0 Å². The van der Waals surface area contributed by atoms with Gasteiger partial charge in [0.05, 0.1) is 6.10 Å². The zero-order valence-electron chi connectivity index (χ0n) is 12.7. The van der Waals surface area contributed by atoms with E-state index in [1.165, 1.54) is 0 Å². The van der Waals surface area contributed by atoms with Crippen molar-refractivity contribution in [1.29, 1.82) is 0 Å². The normalized spacial score (nSPS) is 17.4. The minimum Gasteiger partial charge on any atom is -0.459 e. The topological polar surface area (TPSA) is 74.2 Å². The van der Waals surface area contributed by atoms with Crippen molar-refractivity contribution in [2.45, 2.75) is 45.3 Å². The Hall–Kier alpha value is -0.570. The van der Waals surface area contributed by atoms with Crippen LogP contribution in [-0.4, -0.2) is 60.3 Å². The molecule has 0 atom stereocenters. The second-order valence-corrected chi connectivity index (χ2v) is 5.71. The van der Waals surface area contributed by atoms with Gasteiger partial charge < -0.3 is 20.1 Å². The highest BCUT2D eigenvalue weighted by atomic mass is 127. The highest BCUT2D eigenvalue weighted by Crippen LogP contribution is 2.10. The SMILES string of the molecule is CN=C(NCC(=O)OC(C)(C)C)N1CCC(O)CC1.I. The van der Waals surface area contributed by atoms with E-state index in [4.69, 9.17) is 4.74 Å². The highest BCUT2D eigenvalue weighted by molar-refractivity contribution is 14.0. The number of hydrogen-bond donors (Lipinski definition) is 2. The fourth-order valence-corrected chi connectivity index (χ4v) is 1.94. The zero-order chi connectivity index (χ0) is 14.5. The molecule has 118 valence electrons. The summed E-state index contributed by atoms with van der Waals surface area (Å²) < 4.78 is 5.22. The van der Waals surface area contributed by atoms with Crippen LogP contribution in [0.2, 0.25) is 0 Å². The lowest BCUT2D eigenvalue weighted by Crippen LogP contribution is -2.48. The van der Waals surface area contributed by atoms with Crippen molar-refractivity contribution in [2.75, 3.05) is 26.7 Å². The number of nitrogens with one attached hydrogen (secondary N) is 1. The fraction of sp³-hybridized carbons (Fsp3) is 0.846. The minimum absolute atomic E-state index is 0. The van der Waals surface area contributed by atoms with Gasteiger partial charge in [0.25, 0.3) is 0 Å². The number of aliphatic hydroxyl groups is 1. The van der Waals surface area contributed by atoms with Gasteiger partial charge in [0.1, 0.15) is 12.1 Å². The molecule has 20 heavy (non-hydrogen) atoms. The minimum atomic E-state index is -0.475. The number of guanidine groups is 1. The maximum Gasteiger partial charge on any atom is 0.325 e. The third-order valence-electron chi connectivity index (χ3n) is 2.79. The van der Waals surface area contributed by atoms with Crippen LogP contribution in [-0.2, 0) is 9.53 Å². The number of nitrogens with zero attached hydrogens (tertiary/aromatic N) is 2. The van der Waals surface area contributed by atoms with Crippen molar-refractivity contribution in [3.05, 3.63) is 0 Å². The van der Waals surface area contributed by atoms with Crippen molar-refractivity contribution in [3.63, 3.8) is 0 Å². The lowest BCUT2D eigenvalue weighted by molar-refractivity contribution is -0.153. The quantitative estimate of drug-likeness (QED) is 0.314. The van der Waals surface area contributed by atoms with Gasteiger partial charge in [-0.2, -0.15) is 0 Å². The Bertz CT molecular complexity index is 334. The van der Waals surface area contributed by atoms with Gasteiger partial charge in [0.2, 0.25) is 0 Å². The summed E-state index contributed by atoms with van der Waals surface area (Å²) >= 11 is 0. The Labute approximate surface area is 138 Å². The van der Waals surface area contributed by atoms with Crippen LogP contribution in [0.3, 0.4) is 0 Å². The van der Waals surface area contributed by atoms with Gasteiger partial charge in [0.15, 0.2) is 5.96 Å². The number of aliphatic imine (C=N–C) groups is 1. The maximum absolute atomic E-state index is 11.6. The molecule has 6 nitrogen and oxygen atoms in total. The van der Waals surface area contributed by atoms with Gasteiger partial charge in [-0.1, -0.05) is 0 Å². The van der Waals surface area contributed by atoms with E-state index < -0.39 is 5.60 Å². The molecular formula is C13H26IN3O3. The lowest BCUT2D eigenvalue weighted by Gasteiger charge is -2.32. The van der Waals surface area contributed by atoms with Crippen LogP contribution in [0.25, 0.3) is 0 Å². The molecule has 0 aromatic rings. The van der Waals surface area contributed by atoms with E-state index in [0.29, 0.717) is 5.96 Å². The average Bonchev–Trinajstić information content (AvgIpc) is 2.29. The van der Waals surface area contributed by atoms with Crippen LogP contribution in [0.5, 0.6) is 0 Å². The van der Waals surface area contributed by atoms with Gasteiger partial charge in [-0.05, 0) is 33.6 Å². The monoisotopic (exact) mass is 399 g/mol. The predicted octanol–water partition coefficient (Wildman–Crippen LogP) is 0.978. The van der Waals surface area contributed by atoms with E-state index in [1.807, 2.05) is 25.7 Å². The molecule has 2 N–H and O–H groups in total. The Balaban J connectivity index is 0.00000361. The summed E-state index contributed by atoms with van der Waals surface area (Å²) in [5.41, 5.74) is -0.475. The third kappa shape index (κ3) is 7.28. The van der Waals surface area contributed by atoms with Gasteiger partial charge in [-0.3, -0.25) is 9.79 Å². The summed E-state index contributed by atoms with van der Waals surface area (Å²) in [6.07, 6.45) is 1.24. The molecule has 1 rings (SSSR count). The van der Waals surface area contributed by atoms with Crippen molar-refractivity contribution in [3.8, 4) is 0 Å². The molecule has 0 unspecified atom stereocenters. The lowest BCUT2D eigenvalue weighted by atomic mass is 10.1. The summed E-state index contributed by atoms with van der Waals surface area (Å²) in [6.45, 7) is 7.11. The number of likely N-dealkylation sites (tertiary alicyclic amines) is 1. The zero-order valence-corrected chi connectivity index (χ0v) is 15.0. The van der Waals surface area contributed by atoms with E-state index in [2.05, 4.69) is 10.3 Å². The molecule has 0 aliphatic carbocycles. The number of halogens is 1. The molecule has 7 heteroatoms. The van der Waals surface area contributed by atoms with Gasteiger partial charge in [-0.25, -0.2) is 0 Å². The summed E-state index contributed by atoms with van der Waals surface area (Å²) in [4.78, 5) is 17.8. The molecule has 0 aromatic carbocycles. The number of rotatable bonds is 2. The molecule has 1 fully saturated rings. The Morgan fingerprint density at radius 1 is 1.40 bits per heavy atom. The Morgan fingerprint density at radius 3 is 2.40 bits per heavy atom. The molecule has 0 saturated carbocycles. The molecule has 0 spiro atoms. The number of hydrogen-bond acceptors (Lipinski definition) is 4. The number of aliphatic hydroxyl groups excluding tert-OH is 1. The van der Waals surface area contributed by atoms with Crippen molar-refractivity contribution in [2.24, 2.45) is 4.99 Å². The molecule has 1 heterocycles. The molecule has 1 aliphatic heterocycles. The van der Waals surface area contributed by atoms with Crippen molar-refractivity contribution in [1.82, 2.24) is 10.2 Å². The van der Waals surface area contributed by atoms with Crippen LogP contribution >= 0.6 is 24.0 Å². The molecule has 0 bridgehead atoms. The Kier molecular flexibility index (Phi) is 8.41. The smallest absolute Gasteiger partial charge is 0.325 e. The molecule has 0 aromatic heterocycles. The number of ether oxygens (including phenoxy) is 1. The van der Waals surface area contributed by atoms with Crippen LogP contribution in [0, 0.1) is 0 Å². The summed E-state index contributed by atoms with van der Waals surface area (Å²) in [7, 11) is 1.68. The number of piperidine rings is 1. The highest BCUT2D eigenvalue weighted by Gasteiger charge is 2.21. The van der Waals surface area contributed by atoms with Crippen LogP contribution in [0.15, 0.2) is 4.99 Å². The van der Waals surface area contributed by atoms with Gasteiger partial charge in [0, 0.05) is 20.1 Å². The summed E-state index contributed by atoms with van der Waals surface area (Å²) in [5.74, 6) is 0.378. The van der Waals surface area contributed by atoms with Crippen LogP contribution < -0.4 is 5.32 Å². The van der Waals surface area contributed by atoms with Crippen LogP contribution in [0.1, 0.15) is 33.6 Å². The summed E-state index contributed by atoms with van der Waals surface area (Å²) in [5, 5.41) is 12.5. The van der Waals surface area contributed by atoms with E-state index in [9.17, 15) is 9.90 Å². The van der Waals surface area contributed by atoms with E-state index >= 15 is 0 Å². The van der Waals surface area contributed by atoms with E-state index in [0.717, 1.165) is 25.9 Å². The largest absolute Gasteiger partial charge is 0.459 e. The average molecular weight is 399 g/mol. The van der Waals surface area contributed by atoms with E-state index in [-0.39, 0.29) is 42.6 Å². The van der Waals surface area contributed by atoms with Crippen molar-refractivity contribution < 1.29 is 14.6 Å². The molecular weight excluding hydrogens is 373 g/mol. The second kappa shape index (κ2) is 8.66. The maximum atomic E-state index is 11.6. The molecule has 0 amide bonds. The molecule has 1 aliphatic rings. The number of esters is 1. The second-order valence-electron chi connectivity index (χ2n) is 5.71. The predicted molar refractivity (Wildman–Crippen MR) is 89.4 cm³/mol. The molecule has 1 saturated heterocycles. The van der Waals surface area contributed by atoms with Crippen LogP contribution in [0.4, 0.5) is 0 Å². The van der Waals surface area contributed by atoms with Gasteiger partial charge >= 0.3 is 5.97 Å². The number of carbonyl (C=O) groups excluding carboxylic acids is 1. The first kappa shape index (κ1) is 19.4. The first-order chi connectivity index (χ1) is 8.81. The van der Waals surface area contributed by atoms with E-state index in [1.54, 1.807) is 7.05 Å². The molecule has 0 radical (unpaired) electrons. The first-order valence-corrected chi connectivity index (χ1v) is 6.67. The Morgan fingerprint density at radius 2 is 1.95 bits per heavy atom. The first-order valence-electron chi connectivity index (χ1n) is 6.67. The van der Waals surface area contributed by atoms with Crippen molar-refractivity contribution >= 4 is 35.9 Å². The summed E-state index contributed by atoms with van der Waals surface area (Å²) in [6, 6.07) is 0. The fourth-order valence-electron chi connectivity index (χ4n) is 1.94. The standard InChI is InChI=1S/C13H25N3O3.HI/c1-13(2,3)19-11(18)9-15-12(14-4)16-7-5-10(17)6-8-16;/h10,17H,5-9H2,1-4H3,(H,14,15);1H. The third-order valence-corrected chi connectivity index (χ3v) is 2.79. The number of carbonyl (C=O) groups is 1.